The van der Waals surface area contributed by atoms with Gasteiger partial charge in [-0.15, -0.1) is 4.91 Å². The third-order valence-corrected chi connectivity index (χ3v) is 5.46. The number of benzene rings is 1. The summed E-state index contributed by atoms with van der Waals surface area (Å²) in [6, 6.07) is 5.70. The maximum absolute atomic E-state index is 10.7. The van der Waals surface area contributed by atoms with Gasteiger partial charge in [0.2, 0.25) is 0 Å². The van der Waals surface area contributed by atoms with Crippen LogP contribution in [0.25, 0.3) is 0 Å². The van der Waals surface area contributed by atoms with Gasteiger partial charge in [-0.25, -0.2) is 4.99 Å². The zero-order valence-corrected chi connectivity index (χ0v) is 17.6. The predicted octanol–water partition coefficient (Wildman–Crippen LogP) is 5.80. The molecule has 1 aromatic rings. The van der Waals surface area contributed by atoms with Crippen LogP contribution in [0.5, 0.6) is 0 Å². The van der Waals surface area contributed by atoms with E-state index < -0.39 is 0 Å². The van der Waals surface area contributed by atoms with E-state index in [0.29, 0.717) is 11.7 Å². The number of aliphatic imine (C=N–C) groups is 1. The Labute approximate surface area is 161 Å². The number of thioether (sulfide) groups is 1. The van der Waals surface area contributed by atoms with E-state index in [1.165, 1.54) is 0 Å². The zero-order valence-electron chi connectivity index (χ0n) is 16.8. The molecule has 0 bridgehead atoms. The molecule has 2 rings (SSSR count). The van der Waals surface area contributed by atoms with Crippen molar-refractivity contribution in [3.05, 3.63) is 28.7 Å². The van der Waals surface area contributed by atoms with Crippen molar-refractivity contribution < 1.29 is 4.74 Å². The number of ether oxygens (including phenoxy) is 1. The van der Waals surface area contributed by atoms with E-state index in [0.717, 1.165) is 41.6 Å². The van der Waals surface area contributed by atoms with Crippen molar-refractivity contribution in [1.29, 1.82) is 0 Å². The largest absolute Gasteiger partial charge is 0.371 e. The maximum Gasteiger partial charge on any atom is 0.164 e. The van der Waals surface area contributed by atoms with E-state index in [1.807, 2.05) is 13.0 Å². The van der Waals surface area contributed by atoms with Crippen molar-refractivity contribution in [3.8, 4) is 0 Å². The van der Waals surface area contributed by atoms with Gasteiger partial charge in [-0.2, -0.15) is 0 Å². The first-order valence-electron chi connectivity index (χ1n) is 9.35. The Morgan fingerprint density at radius 2 is 2.12 bits per heavy atom. The summed E-state index contributed by atoms with van der Waals surface area (Å²) >= 11 is 1.79. The van der Waals surface area contributed by atoms with Gasteiger partial charge in [-0.05, 0) is 70.0 Å². The smallest absolute Gasteiger partial charge is 0.164 e. The first kappa shape index (κ1) is 20.9. The zero-order chi connectivity index (χ0) is 19.3. The molecule has 1 aromatic carbocycles. The van der Waals surface area contributed by atoms with E-state index in [-0.39, 0.29) is 11.7 Å². The molecule has 0 unspecified atom stereocenters. The number of hydrogen-bond acceptors (Lipinski definition) is 5. The molecule has 0 spiro atoms. The molecule has 26 heavy (non-hydrogen) atoms. The fraction of sp³-hybridized carbons (Fsp3) is 0.650. The van der Waals surface area contributed by atoms with Gasteiger partial charge in [0.1, 0.15) is 5.69 Å². The monoisotopic (exact) mass is 377 g/mol. The van der Waals surface area contributed by atoms with Gasteiger partial charge in [-0.3, -0.25) is 0 Å². The second-order valence-electron chi connectivity index (χ2n) is 7.82. The van der Waals surface area contributed by atoms with E-state index in [9.17, 15) is 4.91 Å². The lowest BCUT2D eigenvalue weighted by Crippen LogP contribution is -2.45. The number of amidine groups is 1. The maximum atomic E-state index is 10.7. The van der Waals surface area contributed by atoms with Gasteiger partial charge >= 0.3 is 0 Å². The number of unbranched alkanes of at least 4 members (excludes halogenated alkanes) is 1. The van der Waals surface area contributed by atoms with Crippen molar-refractivity contribution in [2.24, 2.45) is 10.2 Å². The number of aryl methyl sites for hydroxylation is 1. The Balaban J connectivity index is 2.25. The highest BCUT2D eigenvalue weighted by molar-refractivity contribution is 8.14. The van der Waals surface area contributed by atoms with Gasteiger partial charge in [0.25, 0.3) is 0 Å². The van der Waals surface area contributed by atoms with Gasteiger partial charge in [0.05, 0.1) is 23.4 Å². The van der Waals surface area contributed by atoms with Crippen molar-refractivity contribution in [3.63, 3.8) is 0 Å². The normalized spacial score (nSPS) is 20.6. The molecule has 2 atom stereocenters. The summed E-state index contributed by atoms with van der Waals surface area (Å²) in [5.41, 5.74) is 2.15. The molecule has 5 nitrogen and oxygen atoms in total. The lowest BCUT2D eigenvalue weighted by Gasteiger charge is -2.34. The highest BCUT2D eigenvalue weighted by Crippen LogP contribution is 2.33. The van der Waals surface area contributed by atoms with Crippen molar-refractivity contribution >= 4 is 28.3 Å². The topological polar surface area (TPSA) is 54.3 Å². The van der Waals surface area contributed by atoms with Crippen LogP contribution in [0, 0.1) is 11.8 Å². The highest BCUT2D eigenvalue weighted by Gasteiger charge is 2.35. The van der Waals surface area contributed by atoms with Crippen molar-refractivity contribution in [2.45, 2.75) is 72.1 Å². The molecule has 1 aliphatic rings. The fourth-order valence-corrected chi connectivity index (χ4v) is 4.44. The molecule has 0 aliphatic carbocycles. The number of hydrogen-bond donors (Lipinski definition) is 0. The highest BCUT2D eigenvalue weighted by atomic mass is 32.2. The average Bonchev–Trinajstić information content (AvgIpc) is 2.96. The SMILES string of the molecule is CCCCN1C(=Nc2ccc(N=O)cc2C)SC[C@@H]1[C@H](C)OC(C)(C)C. The number of rotatable bonds is 7. The third-order valence-electron chi connectivity index (χ3n) is 4.36. The van der Waals surface area contributed by atoms with E-state index in [1.54, 1.807) is 23.9 Å². The molecule has 0 aromatic heterocycles. The van der Waals surface area contributed by atoms with Crippen LogP contribution in [0.15, 0.2) is 28.4 Å². The predicted molar refractivity (Wildman–Crippen MR) is 112 cm³/mol. The molecule has 144 valence electrons. The first-order chi connectivity index (χ1) is 12.2. The van der Waals surface area contributed by atoms with Crippen LogP contribution in [0.3, 0.4) is 0 Å². The lowest BCUT2D eigenvalue weighted by molar-refractivity contribution is -0.0731. The van der Waals surface area contributed by atoms with Gasteiger partial charge < -0.3 is 9.64 Å². The molecule has 0 radical (unpaired) electrons. The Bertz CT molecular complexity index is 655. The molecular weight excluding hydrogens is 346 g/mol. The summed E-state index contributed by atoms with van der Waals surface area (Å²) in [5, 5.41) is 4.04. The van der Waals surface area contributed by atoms with Crippen molar-refractivity contribution in [2.75, 3.05) is 12.3 Å². The van der Waals surface area contributed by atoms with Crippen LogP contribution in [0.2, 0.25) is 0 Å². The molecule has 0 saturated carbocycles. The van der Waals surface area contributed by atoms with Crippen LogP contribution < -0.4 is 0 Å². The molecule has 0 N–H and O–H groups in total. The number of nitrogens with zero attached hydrogens (tertiary/aromatic N) is 3. The fourth-order valence-electron chi connectivity index (χ4n) is 3.11. The second-order valence-corrected chi connectivity index (χ2v) is 8.80. The first-order valence-corrected chi connectivity index (χ1v) is 10.3. The summed E-state index contributed by atoms with van der Waals surface area (Å²) in [5.74, 6) is 0.979. The van der Waals surface area contributed by atoms with Crippen LogP contribution in [-0.4, -0.2) is 40.1 Å². The summed E-state index contributed by atoms with van der Waals surface area (Å²) in [6.07, 6.45) is 2.41. The van der Waals surface area contributed by atoms with Gasteiger partial charge in [0, 0.05) is 12.3 Å². The lowest BCUT2D eigenvalue weighted by atomic mass is 10.1. The minimum absolute atomic E-state index is 0.134. The van der Waals surface area contributed by atoms with E-state index in [2.05, 4.69) is 44.7 Å². The molecule has 1 heterocycles. The minimum Gasteiger partial charge on any atom is -0.371 e. The van der Waals surface area contributed by atoms with E-state index >= 15 is 0 Å². The summed E-state index contributed by atoms with van der Waals surface area (Å²) < 4.78 is 6.23. The second kappa shape index (κ2) is 9.00. The Morgan fingerprint density at radius 1 is 1.38 bits per heavy atom. The standard InChI is InChI=1S/C20H31N3O2S/c1-7-8-11-23-18(15(3)25-20(4,5)6)13-26-19(23)21-17-10-9-16(22-24)12-14(17)2/h9-10,12,15,18H,7-8,11,13H2,1-6H3/t15-,18+/m0/s1. The molecule has 1 saturated heterocycles. The summed E-state index contributed by atoms with van der Waals surface area (Å²) in [4.78, 5) is 18.0. The number of nitroso groups, excluding NO2 is 1. The summed E-state index contributed by atoms with van der Waals surface area (Å²) in [6.45, 7) is 13.6. The summed E-state index contributed by atoms with van der Waals surface area (Å²) in [7, 11) is 0. The van der Waals surface area contributed by atoms with Gasteiger partial charge in [-0.1, -0.05) is 25.1 Å². The Hall–Kier alpha value is -1.40. The Morgan fingerprint density at radius 3 is 2.69 bits per heavy atom. The van der Waals surface area contributed by atoms with Crippen LogP contribution in [0.4, 0.5) is 11.4 Å². The van der Waals surface area contributed by atoms with E-state index in [4.69, 9.17) is 9.73 Å². The molecule has 0 amide bonds. The quantitative estimate of drug-likeness (QED) is 0.563. The van der Waals surface area contributed by atoms with Crippen LogP contribution in [0.1, 0.15) is 53.0 Å². The van der Waals surface area contributed by atoms with Crippen molar-refractivity contribution in [1.82, 2.24) is 4.90 Å². The molecular formula is C20H31N3O2S. The molecule has 1 fully saturated rings. The Kier molecular flexibility index (Phi) is 7.24. The third kappa shape index (κ3) is 5.55. The average molecular weight is 378 g/mol. The van der Waals surface area contributed by atoms with Crippen LogP contribution >= 0.6 is 11.8 Å². The van der Waals surface area contributed by atoms with Gasteiger partial charge in [0.15, 0.2) is 5.17 Å². The molecule has 6 heteroatoms. The molecule has 1 aliphatic heterocycles. The van der Waals surface area contributed by atoms with Crippen LogP contribution in [-0.2, 0) is 4.74 Å². The minimum atomic E-state index is -0.158.